The number of hydrogen-bond acceptors (Lipinski definition) is 4. The van der Waals surface area contributed by atoms with Crippen LogP contribution < -0.4 is 0 Å². The Bertz CT molecular complexity index is 694. The summed E-state index contributed by atoms with van der Waals surface area (Å²) in [6.45, 7) is 5.57. The van der Waals surface area contributed by atoms with Crippen molar-refractivity contribution < 1.29 is 19.7 Å². The lowest BCUT2D eigenvalue weighted by Crippen LogP contribution is -2.50. The zero-order valence-corrected chi connectivity index (χ0v) is 16.1. The maximum absolute atomic E-state index is 12.3. The molecule has 0 radical (unpaired) electrons. The molecule has 0 bridgehead atoms. The van der Waals surface area contributed by atoms with Crippen LogP contribution in [0.5, 0.6) is 0 Å². The SMILES string of the molecule is COC(=O)[C@@H]1C[C@H](O)C[C@]2(C)c3ccc(C(C)(C)O)c(Cl)c3CC[C@@H]12. The topological polar surface area (TPSA) is 66.8 Å². The molecule has 0 aromatic heterocycles. The van der Waals surface area contributed by atoms with Gasteiger partial charge in [0.05, 0.1) is 29.8 Å². The number of hydrogen-bond donors (Lipinski definition) is 2. The van der Waals surface area contributed by atoms with Gasteiger partial charge >= 0.3 is 5.97 Å². The number of benzene rings is 1. The molecular formula is C20H27ClO4. The molecule has 0 amide bonds. The van der Waals surface area contributed by atoms with Gasteiger partial charge in [-0.3, -0.25) is 4.79 Å². The van der Waals surface area contributed by atoms with Crippen molar-refractivity contribution in [3.63, 3.8) is 0 Å². The van der Waals surface area contributed by atoms with Gasteiger partial charge < -0.3 is 14.9 Å². The molecule has 1 fully saturated rings. The van der Waals surface area contributed by atoms with Crippen LogP contribution in [-0.2, 0) is 27.0 Å². The molecular weight excluding hydrogens is 340 g/mol. The summed E-state index contributed by atoms with van der Waals surface area (Å²) in [6.07, 6.45) is 2.12. The van der Waals surface area contributed by atoms with Gasteiger partial charge in [-0.25, -0.2) is 0 Å². The first-order valence-electron chi connectivity index (χ1n) is 8.90. The van der Waals surface area contributed by atoms with Crippen LogP contribution in [0.15, 0.2) is 12.1 Å². The lowest BCUT2D eigenvalue weighted by Gasteiger charge is -2.51. The zero-order valence-electron chi connectivity index (χ0n) is 15.3. The highest BCUT2D eigenvalue weighted by Gasteiger charge is 2.52. The molecule has 2 aliphatic rings. The van der Waals surface area contributed by atoms with Gasteiger partial charge in [-0.1, -0.05) is 30.7 Å². The number of esters is 1. The summed E-state index contributed by atoms with van der Waals surface area (Å²) in [6, 6.07) is 3.90. The second-order valence-corrected chi connectivity index (χ2v) is 8.68. The van der Waals surface area contributed by atoms with Crippen LogP contribution in [-0.4, -0.2) is 29.4 Å². The van der Waals surface area contributed by atoms with Gasteiger partial charge in [-0.2, -0.15) is 0 Å². The van der Waals surface area contributed by atoms with Gasteiger partial charge in [0, 0.05) is 5.56 Å². The van der Waals surface area contributed by atoms with E-state index < -0.39 is 11.7 Å². The second kappa shape index (κ2) is 6.26. The minimum Gasteiger partial charge on any atom is -0.469 e. The first-order chi connectivity index (χ1) is 11.6. The van der Waals surface area contributed by atoms with Gasteiger partial charge in [-0.15, -0.1) is 0 Å². The zero-order chi connectivity index (χ0) is 18.6. The summed E-state index contributed by atoms with van der Waals surface area (Å²) in [5.41, 5.74) is 1.51. The van der Waals surface area contributed by atoms with E-state index in [1.807, 2.05) is 12.1 Å². The molecule has 0 spiro atoms. The predicted molar refractivity (Wildman–Crippen MR) is 96.6 cm³/mol. The molecule has 2 N–H and O–H groups in total. The monoisotopic (exact) mass is 366 g/mol. The molecule has 0 aliphatic heterocycles. The lowest BCUT2D eigenvalue weighted by atomic mass is 9.54. The summed E-state index contributed by atoms with van der Waals surface area (Å²) in [4.78, 5) is 12.3. The summed E-state index contributed by atoms with van der Waals surface area (Å²) in [7, 11) is 1.41. The van der Waals surface area contributed by atoms with Crippen molar-refractivity contribution in [1.29, 1.82) is 0 Å². The van der Waals surface area contributed by atoms with Gasteiger partial charge in [-0.05, 0) is 62.0 Å². The third kappa shape index (κ3) is 2.98. The summed E-state index contributed by atoms with van der Waals surface area (Å²) in [5.74, 6) is -0.405. The Morgan fingerprint density at radius 2 is 2.08 bits per heavy atom. The second-order valence-electron chi connectivity index (χ2n) is 8.30. The summed E-state index contributed by atoms with van der Waals surface area (Å²) >= 11 is 6.65. The fourth-order valence-corrected chi connectivity index (χ4v) is 5.53. The Morgan fingerprint density at radius 3 is 2.68 bits per heavy atom. The maximum Gasteiger partial charge on any atom is 0.309 e. The Morgan fingerprint density at radius 1 is 1.40 bits per heavy atom. The van der Waals surface area contributed by atoms with E-state index in [2.05, 4.69) is 6.92 Å². The van der Waals surface area contributed by atoms with E-state index in [0.717, 1.165) is 29.5 Å². The molecule has 1 saturated carbocycles. The first-order valence-corrected chi connectivity index (χ1v) is 9.28. The lowest BCUT2D eigenvalue weighted by molar-refractivity contribution is -0.153. The van der Waals surface area contributed by atoms with Crippen molar-refractivity contribution in [2.24, 2.45) is 11.8 Å². The third-order valence-electron chi connectivity index (χ3n) is 6.22. The van der Waals surface area contributed by atoms with E-state index >= 15 is 0 Å². The highest BCUT2D eigenvalue weighted by Crippen LogP contribution is 2.54. The maximum atomic E-state index is 12.3. The minimum absolute atomic E-state index is 0.125. The van der Waals surface area contributed by atoms with Crippen LogP contribution in [0.3, 0.4) is 0 Å². The van der Waals surface area contributed by atoms with Crippen molar-refractivity contribution in [2.45, 2.75) is 63.6 Å². The summed E-state index contributed by atoms with van der Waals surface area (Å²) in [5, 5.41) is 21.4. The standard InChI is InChI=1S/C20H27ClO4/c1-19(2,24)16-8-7-14-12(17(16)21)5-6-15-13(18(23)25-4)9-11(22)10-20(14,15)3/h7-8,11,13,15,22,24H,5-6,9-10H2,1-4H3/t11-,13+,15-,20+/m0/s1. The fraction of sp³-hybridized carbons (Fsp3) is 0.650. The van der Waals surface area contributed by atoms with Gasteiger partial charge in [0.2, 0.25) is 0 Å². The average molecular weight is 367 g/mol. The van der Waals surface area contributed by atoms with Crippen LogP contribution in [0, 0.1) is 11.8 Å². The minimum atomic E-state index is -1.01. The quantitative estimate of drug-likeness (QED) is 0.788. The molecule has 5 heteroatoms. The van der Waals surface area contributed by atoms with Crippen molar-refractivity contribution >= 4 is 17.6 Å². The molecule has 4 atom stereocenters. The molecule has 2 aliphatic carbocycles. The van der Waals surface area contributed by atoms with E-state index in [-0.39, 0.29) is 23.2 Å². The molecule has 0 unspecified atom stereocenters. The van der Waals surface area contributed by atoms with Crippen molar-refractivity contribution in [3.05, 3.63) is 33.8 Å². The van der Waals surface area contributed by atoms with Crippen LogP contribution in [0.1, 0.15) is 56.7 Å². The normalized spacial score (nSPS) is 31.9. The molecule has 0 heterocycles. The van der Waals surface area contributed by atoms with Crippen LogP contribution in [0.2, 0.25) is 5.02 Å². The average Bonchev–Trinajstić information content (AvgIpc) is 2.52. The number of aliphatic hydroxyl groups excluding tert-OH is 1. The van der Waals surface area contributed by atoms with Crippen molar-refractivity contribution in [3.8, 4) is 0 Å². The van der Waals surface area contributed by atoms with Crippen LogP contribution in [0.25, 0.3) is 0 Å². The number of fused-ring (bicyclic) bond motifs is 3. The van der Waals surface area contributed by atoms with E-state index in [1.54, 1.807) is 13.8 Å². The molecule has 0 saturated heterocycles. The van der Waals surface area contributed by atoms with Crippen LogP contribution in [0.4, 0.5) is 0 Å². The number of halogens is 1. The largest absolute Gasteiger partial charge is 0.469 e. The first kappa shape index (κ1) is 18.7. The molecule has 138 valence electrons. The van der Waals surface area contributed by atoms with Crippen LogP contribution >= 0.6 is 11.6 Å². The number of carbonyl (C=O) groups excluding carboxylic acids is 1. The number of carbonyl (C=O) groups is 1. The van der Waals surface area contributed by atoms with E-state index in [9.17, 15) is 15.0 Å². The predicted octanol–water partition coefficient (Wildman–Crippen LogP) is 3.33. The molecule has 4 nitrogen and oxygen atoms in total. The number of aliphatic hydroxyl groups is 2. The third-order valence-corrected chi connectivity index (χ3v) is 6.65. The fourth-order valence-electron chi connectivity index (χ4n) is 5.04. The van der Waals surface area contributed by atoms with E-state index in [1.165, 1.54) is 7.11 Å². The molecule has 1 aromatic rings. The van der Waals surface area contributed by atoms with Gasteiger partial charge in [0.15, 0.2) is 0 Å². The van der Waals surface area contributed by atoms with Crippen molar-refractivity contribution in [1.82, 2.24) is 0 Å². The molecule has 1 aromatic carbocycles. The Balaban J connectivity index is 2.11. The Hall–Kier alpha value is -1.10. The van der Waals surface area contributed by atoms with Gasteiger partial charge in [0.25, 0.3) is 0 Å². The molecule has 25 heavy (non-hydrogen) atoms. The molecule has 3 rings (SSSR count). The van der Waals surface area contributed by atoms with Crippen molar-refractivity contribution in [2.75, 3.05) is 7.11 Å². The van der Waals surface area contributed by atoms with Gasteiger partial charge in [0.1, 0.15) is 0 Å². The Labute approximate surface area is 154 Å². The smallest absolute Gasteiger partial charge is 0.309 e. The highest BCUT2D eigenvalue weighted by molar-refractivity contribution is 6.32. The van der Waals surface area contributed by atoms with E-state index in [0.29, 0.717) is 17.9 Å². The van der Waals surface area contributed by atoms with E-state index in [4.69, 9.17) is 16.3 Å². The number of ether oxygens (including phenoxy) is 1. The highest BCUT2D eigenvalue weighted by atomic mass is 35.5. The number of methoxy groups -OCH3 is 1. The Kier molecular flexibility index (Phi) is 4.68. The summed E-state index contributed by atoms with van der Waals surface area (Å²) < 4.78 is 5.00. The number of rotatable bonds is 2.